The number of rotatable bonds is 54. The van der Waals surface area contributed by atoms with E-state index in [-0.39, 0.29) is 31.1 Å². The monoisotopic (exact) mass is 917 g/mol. The molecule has 0 rings (SSSR count). The fourth-order valence-electron chi connectivity index (χ4n) is 8.85. The third-order valence-electron chi connectivity index (χ3n) is 13.3. The topological polar surface area (TPSA) is 78.9 Å². The first-order chi connectivity index (χ1) is 32.0. The maximum absolute atomic E-state index is 12.8. The molecular formula is C59H112O6. The first-order valence-electron chi connectivity index (χ1n) is 29.2. The van der Waals surface area contributed by atoms with Gasteiger partial charge in [0.25, 0.3) is 0 Å². The SMILES string of the molecule is CCCCCC/C=C\CCCCCCCC(=O)OCC(COC(=O)CCCCCCCCCCCCCCCCCCCCC)OC(=O)CCCCCCCCCCCCCCCCC. The van der Waals surface area contributed by atoms with E-state index >= 15 is 0 Å². The Hall–Kier alpha value is -1.85. The third-order valence-corrected chi connectivity index (χ3v) is 13.3. The van der Waals surface area contributed by atoms with Crippen LogP contribution in [0.1, 0.15) is 329 Å². The van der Waals surface area contributed by atoms with Gasteiger partial charge in [0, 0.05) is 19.3 Å². The zero-order valence-corrected chi connectivity index (χ0v) is 44.0. The summed E-state index contributed by atoms with van der Waals surface area (Å²) in [5.74, 6) is -0.851. The van der Waals surface area contributed by atoms with E-state index < -0.39 is 6.10 Å². The molecule has 1 atom stereocenters. The van der Waals surface area contributed by atoms with E-state index in [1.807, 2.05) is 0 Å². The number of carbonyl (C=O) groups excluding carboxylic acids is 3. The molecule has 0 spiro atoms. The van der Waals surface area contributed by atoms with Crippen LogP contribution in [0.4, 0.5) is 0 Å². The molecular weight excluding hydrogens is 805 g/mol. The lowest BCUT2D eigenvalue weighted by molar-refractivity contribution is -0.167. The van der Waals surface area contributed by atoms with E-state index in [1.54, 1.807) is 0 Å². The van der Waals surface area contributed by atoms with Crippen molar-refractivity contribution in [3.8, 4) is 0 Å². The van der Waals surface area contributed by atoms with Crippen LogP contribution in [0.25, 0.3) is 0 Å². The second-order valence-electron chi connectivity index (χ2n) is 19.9. The summed E-state index contributed by atoms with van der Waals surface area (Å²) in [5.41, 5.74) is 0. The molecule has 0 amide bonds. The Labute approximate surface area is 405 Å². The van der Waals surface area contributed by atoms with Crippen LogP contribution < -0.4 is 0 Å². The van der Waals surface area contributed by atoms with Crippen LogP contribution >= 0.6 is 0 Å². The van der Waals surface area contributed by atoms with E-state index in [0.29, 0.717) is 19.3 Å². The summed E-state index contributed by atoms with van der Waals surface area (Å²) in [6, 6.07) is 0. The third kappa shape index (κ3) is 53.0. The molecule has 0 bridgehead atoms. The van der Waals surface area contributed by atoms with Crippen LogP contribution in [0.15, 0.2) is 12.2 Å². The van der Waals surface area contributed by atoms with Crippen LogP contribution in [0.5, 0.6) is 0 Å². The van der Waals surface area contributed by atoms with Crippen molar-refractivity contribution < 1.29 is 28.6 Å². The highest BCUT2D eigenvalue weighted by Gasteiger charge is 2.19. The molecule has 0 saturated heterocycles. The van der Waals surface area contributed by atoms with Gasteiger partial charge in [-0.3, -0.25) is 14.4 Å². The Morgan fingerprint density at radius 2 is 0.508 bits per heavy atom. The maximum atomic E-state index is 12.8. The zero-order valence-electron chi connectivity index (χ0n) is 44.0. The number of ether oxygens (including phenoxy) is 3. The minimum atomic E-state index is -0.767. The van der Waals surface area contributed by atoms with Crippen LogP contribution in [-0.4, -0.2) is 37.2 Å². The lowest BCUT2D eigenvalue weighted by atomic mass is 10.0. The Morgan fingerprint density at radius 1 is 0.292 bits per heavy atom. The number of esters is 3. The Morgan fingerprint density at radius 3 is 0.785 bits per heavy atom. The van der Waals surface area contributed by atoms with Gasteiger partial charge in [0.2, 0.25) is 0 Å². The van der Waals surface area contributed by atoms with Gasteiger partial charge in [0.1, 0.15) is 13.2 Å². The number of unbranched alkanes of at least 4 members (excludes halogenated alkanes) is 41. The van der Waals surface area contributed by atoms with Crippen LogP contribution in [-0.2, 0) is 28.6 Å². The average Bonchev–Trinajstić information content (AvgIpc) is 3.30. The van der Waals surface area contributed by atoms with Crippen molar-refractivity contribution >= 4 is 17.9 Å². The summed E-state index contributed by atoms with van der Waals surface area (Å²) in [5, 5.41) is 0. The normalized spacial score (nSPS) is 12.0. The zero-order chi connectivity index (χ0) is 47.2. The van der Waals surface area contributed by atoms with Crippen molar-refractivity contribution in [2.75, 3.05) is 13.2 Å². The molecule has 0 aromatic carbocycles. The van der Waals surface area contributed by atoms with Crippen molar-refractivity contribution in [2.24, 2.45) is 0 Å². The van der Waals surface area contributed by atoms with Gasteiger partial charge in [-0.1, -0.05) is 277 Å². The molecule has 1 unspecified atom stereocenters. The molecule has 0 fully saturated rings. The Bertz CT molecular complexity index is 1010. The molecule has 0 radical (unpaired) electrons. The molecule has 384 valence electrons. The minimum absolute atomic E-state index is 0.0664. The second kappa shape index (κ2) is 54.8. The highest BCUT2D eigenvalue weighted by molar-refractivity contribution is 5.71. The summed E-state index contributed by atoms with van der Waals surface area (Å²) in [6.07, 6.45) is 62.0. The van der Waals surface area contributed by atoms with Gasteiger partial charge >= 0.3 is 17.9 Å². The predicted molar refractivity (Wildman–Crippen MR) is 280 cm³/mol. The summed E-state index contributed by atoms with van der Waals surface area (Å²) in [4.78, 5) is 38.1. The van der Waals surface area contributed by atoms with E-state index in [1.165, 1.54) is 225 Å². The van der Waals surface area contributed by atoms with E-state index in [2.05, 4.69) is 32.9 Å². The maximum Gasteiger partial charge on any atom is 0.306 e. The van der Waals surface area contributed by atoms with Gasteiger partial charge in [-0.15, -0.1) is 0 Å². The highest BCUT2D eigenvalue weighted by atomic mass is 16.6. The smallest absolute Gasteiger partial charge is 0.306 e. The predicted octanol–water partition coefficient (Wildman–Crippen LogP) is 19.3. The molecule has 0 N–H and O–H groups in total. The van der Waals surface area contributed by atoms with Gasteiger partial charge in [0.15, 0.2) is 6.10 Å². The van der Waals surface area contributed by atoms with E-state index in [0.717, 1.165) is 64.2 Å². The first-order valence-corrected chi connectivity index (χ1v) is 29.2. The summed E-state index contributed by atoms with van der Waals surface area (Å²) >= 11 is 0. The number of hydrogen-bond acceptors (Lipinski definition) is 6. The number of hydrogen-bond donors (Lipinski definition) is 0. The molecule has 0 saturated carbocycles. The van der Waals surface area contributed by atoms with Gasteiger partial charge in [-0.05, 0) is 44.9 Å². The first kappa shape index (κ1) is 63.1. The largest absolute Gasteiger partial charge is 0.462 e. The van der Waals surface area contributed by atoms with Gasteiger partial charge in [0.05, 0.1) is 0 Å². The summed E-state index contributed by atoms with van der Waals surface area (Å²) in [6.45, 7) is 6.68. The summed E-state index contributed by atoms with van der Waals surface area (Å²) in [7, 11) is 0. The Balaban J connectivity index is 4.28. The quantitative estimate of drug-likeness (QED) is 0.0262. The molecule has 65 heavy (non-hydrogen) atoms. The number of carbonyl (C=O) groups is 3. The van der Waals surface area contributed by atoms with Crippen molar-refractivity contribution in [2.45, 2.75) is 335 Å². The molecule has 0 aliphatic heterocycles. The lowest BCUT2D eigenvalue weighted by Gasteiger charge is -2.18. The highest BCUT2D eigenvalue weighted by Crippen LogP contribution is 2.17. The van der Waals surface area contributed by atoms with E-state index in [4.69, 9.17) is 14.2 Å². The second-order valence-corrected chi connectivity index (χ2v) is 19.9. The minimum Gasteiger partial charge on any atom is -0.462 e. The average molecular weight is 918 g/mol. The lowest BCUT2D eigenvalue weighted by Crippen LogP contribution is -2.30. The molecule has 0 aliphatic carbocycles. The standard InChI is InChI=1S/C59H112O6/c1-4-7-10-13-16-19-22-25-27-28-29-30-32-34-37-40-43-46-49-52-58(61)64-55-56(54-63-57(60)51-48-45-42-39-36-33-24-21-18-15-12-9-6-3)65-59(62)53-50-47-44-41-38-35-31-26-23-20-17-14-11-8-5-2/h21,24,56H,4-20,22-23,25-55H2,1-3H3/b24-21-. The fraction of sp³-hybridized carbons (Fsp3) is 0.915. The number of allylic oxidation sites excluding steroid dienone is 2. The molecule has 0 heterocycles. The van der Waals surface area contributed by atoms with Crippen molar-refractivity contribution in [3.05, 3.63) is 12.2 Å². The molecule has 0 aromatic heterocycles. The van der Waals surface area contributed by atoms with Gasteiger partial charge in [-0.25, -0.2) is 0 Å². The molecule has 0 aromatic rings. The van der Waals surface area contributed by atoms with E-state index in [9.17, 15) is 14.4 Å². The van der Waals surface area contributed by atoms with Crippen LogP contribution in [0, 0.1) is 0 Å². The summed E-state index contributed by atoms with van der Waals surface area (Å²) < 4.78 is 16.9. The van der Waals surface area contributed by atoms with Gasteiger partial charge < -0.3 is 14.2 Å². The molecule has 6 nitrogen and oxygen atoms in total. The van der Waals surface area contributed by atoms with Crippen molar-refractivity contribution in [3.63, 3.8) is 0 Å². The molecule has 6 heteroatoms. The van der Waals surface area contributed by atoms with Gasteiger partial charge in [-0.2, -0.15) is 0 Å². The molecule has 0 aliphatic rings. The van der Waals surface area contributed by atoms with Crippen molar-refractivity contribution in [1.29, 1.82) is 0 Å². The van der Waals surface area contributed by atoms with Crippen LogP contribution in [0.2, 0.25) is 0 Å². The fourth-order valence-corrected chi connectivity index (χ4v) is 8.85. The Kier molecular flexibility index (Phi) is 53.2. The van der Waals surface area contributed by atoms with Crippen LogP contribution in [0.3, 0.4) is 0 Å². The van der Waals surface area contributed by atoms with Crippen molar-refractivity contribution in [1.82, 2.24) is 0 Å².